The fourth-order valence-corrected chi connectivity index (χ4v) is 2.52. The maximum absolute atomic E-state index is 3.53. The number of hydrogen-bond acceptors (Lipinski definition) is 0. The van der Waals surface area contributed by atoms with E-state index in [4.69, 9.17) is 0 Å². The molecule has 2 aromatic carbocycles. The van der Waals surface area contributed by atoms with Crippen molar-refractivity contribution in [3.8, 4) is 11.1 Å². The third-order valence-electron chi connectivity index (χ3n) is 2.37. The number of alkyl halides is 3. The maximum Gasteiger partial charge on any atom is 0.159 e. The largest absolute Gasteiger partial charge is 0.159 e. The Hall–Kier alpha value is 0.360. The van der Waals surface area contributed by atoms with Gasteiger partial charge in [-0.2, -0.15) is 0 Å². The third kappa shape index (κ3) is 3.66. The molecule has 0 radical (unpaired) electrons. The van der Waals surface area contributed by atoms with Crippen LogP contribution in [0.4, 0.5) is 0 Å². The standard InChI is InChI=1S/C13H8Br4/c14-12-6-4-9(5-7-12)10-2-1-3-11(8-10)13(15,16)17/h1-8H. The molecule has 0 aliphatic carbocycles. The predicted octanol–water partition coefficient (Wildman–Crippen LogP) is 6.41. The van der Waals surface area contributed by atoms with Gasteiger partial charge in [-0.15, -0.1) is 0 Å². The van der Waals surface area contributed by atoms with Crippen molar-refractivity contribution < 1.29 is 0 Å². The van der Waals surface area contributed by atoms with Gasteiger partial charge in [0, 0.05) is 4.47 Å². The van der Waals surface area contributed by atoms with Crippen LogP contribution in [-0.2, 0) is 2.14 Å². The molecule has 0 spiro atoms. The second-order valence-electron chi connectivity index (χ2n) is 3.59. The molecule has 17 heavy (non-hydrogen) atoms. The van der Waals surface area contributed by atoms with Crippen LogP contribution in [0.2, 0.25) is 0 Å². The molecule has 0 saturated carbocycles. The predicted molar refractivity (Wildman–Crippen MR) is 88.0 cm³/mol. The molecule has 0 bridgehead atoms. The fraction of sp³-hybridized carbons (Fsp3) is 0.0769. The van der Waals surface area contributed by atoms with Gasteiger partial charge in [-0.05, 0) is 34.9 Å². The highest BCUT2D eigenvalue weighted by atomic mass is 80.0. The van der Waals surface area contributed by atoms with Crippen molar-refractivity contribution >= 4 is 63.7 Å². The van der Waals surface area contributed by atoms with Crippen LogP contribution in [0.25, 0.3) is 11.1 Å². The molecule has 0 N–H and O–H groups in total. The zero-order chi connectivity index (χ0) is 12.5. The van der Waals surface area contributed by atoms with E-state index in [1.165, 1.54) is 11.1 Å². The molecule has 0 aromatic heterocycles. The molecule has 88 valence electrons. The molecular weight excluding hydrogens is 476 g/mol. The summed E-state index contributed by atoms with van der Waals surface area (Å²) in [5.74, 6) is 0. The van der Waals surface area contributed by atoms with Crippen LogP contribution in [0.1, 0.15) is 5.56 Å². The molecule has 2 aromatic rings. The number of benzene rings is 2. The van der Waals surface area contributed by atoms with E-state index in [0.29, 0.717) is 0 Å². The molecular formula is C13H8Br4. The second kappa shape index (κ2) is 5.55. The minimum Gasteiger partial charge on any atom is -0.0613 e. The molecule has 0 amide bonds. The van der Waals surface area contributed by atoms with E-state index in [2.05, 4.69) is 94.1 Å². The van der Waals surface area contributed by atoms with Crippen molar-refractivity contribution in [2.45, 2.75) is 2.14 Å². The summed E-state index contributed by atoms with van der Waals surface area (Å²) in [6.45, 7) is 0. The Balaban J connectivity index is 2.43. The summed E-state index contributed by atoms with van der Waals surface area (Å²) in [6.07, 6.45) is 0. The van der Waals surface area contributed by atoms with E-state index in [0.717, 1.165) is 10.0 Å². The van der Waals surface area contributed by atoms with Gasteiger partial charge in [-0.25, -0.2) is 0 Å². The lowest BCUT2D eigenvalue weighted by Gasteiger charge is -2.14. The first-order valence-electron chi connectivity index (χ1n) is 4.90. The summed E-state index contributed by atoms with van der Waals surface area (Å²) in [4.78, 5) is 0. The van der Waals surface area contributed by atoms with Crippen LogP contribution < -0.4 is 0 Å². The smallest absolute Gasteiger partial charge is 0.0613 e. The van der Waals surface area contributed by atoms with Crippen LogP contribution in [0.15, 0.2) is 53.0 Å². The quantitative estimate of drug-likeness (QED) is 0.411. The van der Waals surface area contributed by atoms with Crippen LogP contribution in [0, 0.1) is 0 Å². The Labute approximate surface area is 134 Å². The normalized spacial score (nSPS) is 11.5. The summed E-state index contributed by atoms with van der Waals surface area (Å²) in [6, 6.07) is 16.6. The molecule has 0 unspecified atom stereocenters. The van der Waals surface area contributed by atoms with Gasteiger partial charge in [0.1, 0.15) is 0 Å². The Morgan fingerprint density at radius 3 is 2.00 bits per heavy atom. The molecule has 0 atom stereocenters. The van der Waals surface area contributed by atoms with Crippen molar-refractivity contribution in [1.29, 1.82) is 0 Å². The molecule has 0 saturated heterocycles. The molecule has 0 aliphatic rings. The number of halogens is 4. The van der Waals surface area contributed by atoms with Gasteiger partial charge in [-0.3, -0.25) is 0 Å². The monoisotopic (exact) mass is 480 g/mol. The highest BCUT2D eigenvalue weighted by Gasteiger charge is 2.20. The SMILES string of the molecule is Brc1ccc(-c2cccc(C(Br)(Br)Br)c2)cc1. The van der Waals surface area contributed by atoms with E-state index in [1.54, 1.807) is 0 Å². The Kier molecular flexibility index (Phi) is 4.50. The first-order chi connectivity index (χ1) is 7.97. The van der Waals surface area contributed by atoms with Crippen molar-refractivity contribution in [1.82, 2.24) is 0 Å². The minimum absolute atomic E-state index is 0.363. The summed E-state index contributed by atoms with van der Waals surface area (Å²) in [5.41, 5.74) is 3.52. The highest BCUT2D eigenvalue weighted by Crippen LogP contribution is 2.45. The van der Waals surface area contributed by atoms with Gasteiger partial charge >= 0.3 is 0 Å². The van der Waals surface area contributed by atoms with Crippen LogP contribution in [-0.4, -0.2) is 0 Å². The Morgan fingerprint density at radius 2 is 1.41 bits per heavy atom. The van der Waals surface area contributed by atoms with Crippen LogP contribution >= 0.6 is 63.7 Å². The van der Waals surface area contributed by atoms with E-state index in [-0.39, 0.29) is 2.14 Å². The third-order valence-corrected chi connectivity index (χ3v) is 4.27. The van der Waals surface area contributed by atoms with E-state index in [1.807, 2.05) is 18.2 Å². The average molecular weight is 484 g/mol. The van der Waals surface area contributed by atoms with E-state index >= 15 is 0 Å². The molecule has 0 heterocycles. The van der Waals surface area contributed by atoms with Crippen molar-refractivity contribution in [2.24, 2.45) is 0 Å². The lowest BCUT2D eigenvalue weighted by atomic mass is 10.0. The first kappa shape index (κ1) is 13.8. The lowest BCUT2D eigenvalue weighted by molar-refractivity contribution is 1.37. The lowest BCUT2D eigenvalue weighted by Crippen LogP contribution is -1.97. The number of rotatable bonds is 1. The Bertz CT molecular complexity index is 512. The summed E-state index contributed by atoms with van der Waals surface area (Å²) in [5, 5.41) is 0. The molecule has 0 aliphatic heterocycles. The first-order valence-corrected chi connectivity index (χ1v) is 8.07. The van der Waals surface area contributed by atoms with Gasteiger partial charge in [0.2, 0.25) is 0 Å². The molecule has 0 fully saturated rings. The van der Waals surface area contributed by atoms with Gasteiger partial charge in [0.05, 0.1) is 0 Å². The highest BCUT2D eigenvalue weighted by molar-refractivity contribution is 9.38. The van der Waals surface area contributed by atoms with E-state index in [9.17, 15) is 0 Å². The van der Waals surface area contributed by atoms with Gasteiger partial charge < -0.3 is 0 Å². The zero-order valence-electron chi connectivity index (χ0n) is 8.63. The van der Waals surface area contributed by atoms with Gasteiger partial charge in [0.25, 0.3) is 0 Å². The van der Waals surface area contributed by atoms with Crippen molar-refractivity contribution in [3.63, 3.8) is 0 Å². The summed E-state index contributed by atoms with van der Waals surface area (Å²) in [7, 11) is 0. The second-order valence-corrected chi connectivity index (χ2v) is 11.3. The van der Waals surface area contributed by atoms with Crippen LogP contribution in [0.3, 0.4) is 0 Å². The summed E-state index contributed by atoms with van der Waals surface area (Å²) >= 11 is 14.0. The molecule has 0 nitrogen and oxygen atoms in total. The summed E-state index contributed by atoms with van der Waals surface area (Å²) < 4.78 is 0.728. The number of hydrogen-bond donors (Lipinski definition) is 0. The van der Waals surface area contributed by atoms with Crippen molar-refractivity contribution in [3.05, 3.63) is 58.6 Å². The molecule has 4 heteroatoms. The minimum atomic E-state index is -0.363. The fourth-order valence-electron chi connectivity index (χ4n) is 1.52. The Morgan fingerprint density at radius 1 is 0.765 bits per heavy atom. The average Bonchev–Trinajstić information content (AvgIpc) is 2.29. The van der Waals surface area contributed by atoms with Crippen LogP contribution in [0.5, 0.6) is 0 Å². The van der Waals surface area contributed by atoms with Crippen molar-refractivity contribution in [2.75, 3.05) is 0 Å². The van der Waals surface area contributed by atoms with E-state index < -0.39 is 0 Å². The maximum atomic E-state index is 3.53. The topological polar surface area (TPSA) is 0 Å². The zero-order valence-corrected chi connectivity index (χ0v) is 15.0. The van der Waals surface area contributed by atoms with Gasteiger partial charge in [-0.1, -0.05) is 94.1 Å². The molecule has 2 rings (SSSR count). The van der Waals surface area contributed by atoms with Gasteiger partial charge in [0.15, 0.2) is 2.14 Å².